The normalized spacial score (nSPS) is 22.5. The van der Waals surface area contributed by atoms with Crippen LogP contribution in [0.3, 0.4) is 0 Å². The summed E-state index contributed by atoms with van der Waals surface area (Å²) in [6.45, 7) is 4.11. The number of thioether (sulfide) groups is 1. The topological polar surface area (TPSA) is 9.23 Å². The van der Waals surface area contributed by atoms with Crippen molar-refractivity contribution in [2.45, 2.75) is 25.0 Å². The molecule has 1 aliphatic rings. The zero-order valence-corrected chi connectivity index (χ0v) is 9.16. The largest absolute Gasteiger partial charge is 0.381 e. The highest BCUT2D eigenvalue weighted by molar-refractivity contribution is 7.99. The zero-order valence-electron chi connectivity index (χ0n) is 7.59. The average molecular weight is 209 g/mol. The van der Waals surface area contributed by atoms with E-state index < -0.39 is 0 Å². The van der Waals surface area contributed by atoms with E-state index in [0.29, 0.717) is 5.92 Å². The predicted molar refractivity (Wildman–Crippen MR) is 56.2 cm³/mol. The second-order valence-electron chi connectivity index (χ2n) is 3.40. The first kappa shape index (κ1) is 10.7. The third kappa shape index (κ3) is 4.01. The molecule has 1 nitrogen and oxygen atoms in total. The van der Waals surface area contributed by atoms with E-state index in [1.54, 1.807) is 0 Å². The summed E-state index contributed by atoms with van der Waals surface area (Å²) in [6, 6.07) is 0. The molecule has 1 rings (SSSR count). The van der Waals surface area contributed by atoms with Crippen molar-refractivity contribution in [1.82, 2.24) is 0 Å². The minimum Gasteiger partial charge on any atom is -0.381 e. The molecule has 0 radical (unpaired) electrons. The second-order valence-corrected chi connectivity index (χ2v) is 5.05. The lowest BCUT2D eigenvalue weighted by molar-refractivity contribution is 0.1000. The Hall–Kier alpha value is 0.600. The second kappa shape index (κ2) is 6.11. The highest BCUT2D eigenvalue weighted by Crippen LogP contribution is 2.24. The minimum atomic E-state index is 0.652. The Bertz CT molecular complexity index is 115. The standard InChI is InChI=1S/C9H17ClOS/c1-8(6-10)7-12-9-2-4-11-5-3-9/h8-9H,2-7H2,1H3. The van der Waals surface area contributed by atoms with Gasteiger partial charge in [-0.3, -0.25) is 0 Å². The van der Waals surface area contributed by atoms with Crippen LogP contribution in [0.25, 0.3) is 0 Å². The average Bonchev–Trinajstić information content (AvgIpc) is 2.16. The van der Waals surface area contributed by atoms with Crippen LogP contribution in [0.1, 0.15) is 19.8 Å². The molecule has 0 aromatic heterocycles. The van der Waals surface area contributed by atoms with E-state index in [-0.39, 0.29) is 0 Å². The third-order valence-corrected chi connectivity index (χ3v) is 4.28. The maximum atomic E-state index is 5.73. The number of hydrogen-bond donors (Lipinski definition) is 0. The Kier molecular flexibility index (Phi) is 5.44. The molecule has 3 heteroatoms. The maximum Gasteiger partial charge on any atom is 0.0476 e. The Morgan fingerprint density at radius 2 is 2.17 bits per heavy atom. The molecule has 0 spiro atoms. The van der Waals surface area contributed by atoms with Crippen LogP contribution >= 0.6 is 23.4 Å². The van der Waals surface area contributed by atoms with Gasteiger partial charge in [0.05, 0.1) is 0 Å². The summed E-state index contributed by atoms with van der Waals surface area (Å²) in [6.07, 6.45) is 2.44. The molecule has 0 aromatic carbocycles. The van der Waals surface area contributed by atoms with Crippen LogP contribution in [0.4, 0.5) is 0 Å². The van der Waals surface area contributed by atoms with Gasteiger partial charge in [0.1, 0.15) is 0 Å². The fraction of sp³-hybridized carbons (Fsp3) is 1.00. The number of hydrogen-bond acceptors (Lipinski definition) is 2. The van der Waals surface area contributed by atoms with E-state index >= 15 is 0 Å². The van der Waals surface area contributed by atoms with Crippen LogP contribution in [-0.4, -0.2) is 30.1 Å². The predicted octanol–water partition coefficient (Wildman–Crippen LogP) is 2.77. The van der Waals surface area contributed by atoms with Crippen molar-refractivity contribution < 1.29 is 4.74 Å². The van der Waals surface area contributed by atoms with Gasteiger partial charge in [-0.1, -0.05) is 6.92 Å². The fourth-order valence-electron chi connectivity index (χ4n) is 1.19. The summed E-state index contributed by atoms with van der Waals surface area (Å²) in [5, 5.41) is 0.824. The van der Waals surface area contributed by atoms with Gasteiger partial charge in [-0.05, 0) is 24.5 Å². The number of alkyl halides is 1. The van der Waals surface area contributed by atoms with Crippen LogP contribution in [-0.2, 0) is 4.74 Å². The Balaban J connectivity index is 2.05. The van der Waals surface area contributed by atoms with Gasteiger partial charge in [-0.2, -0.15) is 11.8 Å². The summed E-state index contributed by atoms with van der Waals surface area (Å²) in [4.78, 5) is 0. The smallest absolute Gasteiger partial charge is 0.0476 e. The molecule has 0 amide bonds. The van der Waals surface area contributed by atoms with Crippen molar-refractivity contribution in [3.63, 3.8) is 0 Å². The molecule has 1 saturated heterocycles. The first-order valence-electron chi connectivity index (χ1n) is 4.58. The van der Waals surface area contributed by atoms with Crippen LogP contribution in [0.5, 0.6) is 0 Å². The molecule has 0 saturated carbocycles. The van der Waals surface area contributed by atoms with Gasteiger partial charge >= 0.3 is 0 Å². The lowest BCUT2D eigenvalue weighted by Gasteiger charge is -2.22. The van der Waals surface area contributed by atoms with E-state index in [4.69, 9.17) is 16.3 Å². The lowest BCUT2D eigenvalue weighted by Crippen LogP contribution is -2.18. The summed E-state index contributed by atoms with van der Waals surface area (Å²) < 4.78 is 5.29. The summed E-state index contributed by atoms with van der Waals surface area (Å²) in [5.74, 6) is 2.64. The zero-order chi connectivity index (χ0) is 8.81. The van der Waals surface area contributed by atoms with E-state index in [0.717, 1.165) is 24.3 Å². The van der Waals surface area contributed by atoms with Crippen LogP contribution in [0.2, 0.25) is 0 Å². The minimum absolute atomic E-state index is 0.652. The monoisotopic (exact) mass is 208 g/mol. The van der Waals surface area contributed by atoms with Gasteiger partial charge in [0.15, 0.2) is 0 Å². The van der Waals surface area contributed by atoms with Gasteiger partial charge in [-0.15, -0.1) is 11.6 Å². The van der Waals surface area contributed by atoms with E-state index in [9.17, 15) is 0 Å². The first-order chi connectivity index (χ1) is 5.83. The molecule has 0 N–H and O–H groups in total. The van der Waals surface area contributed by atoms with Gasteiger partial charge in [0.25, 0.3) is 0 Å². The van der Waals surface area contributed by atoms with Crippen LogP contribution in [0.15, 0.2) is 0 Å². The molecule has 0 bridgehead atoms. The summed E-state index contributed by atoms with van der Waals surface area (Å²) in [7, 11) is 0. The molecule has 0 aromatic rings. The number of rotatable bonds is 4. The number of ether oxygens (including phenoxy) is 1. The SMILES string of the molecule is CC(CCl)CSC1CCOCC1. The molecule has 1 atom stereocenters. The van der Waals surface area contributed by atoms with E-state index in [2.05, 4.69) is 18.7 Å². The lowest BCUT2D eigenvalue weighted by atomic mass is 10.2. The van der Waals surface area contributed by atoms with Crippen molar-refractivity contribution in [2.75, 3.05) is 24.8 Å². The Labute approximate surface area is 84.2 Å². The molecule has 1 heterocycles. The molecule has 72 valence electrons. The van der Waals surface area contributed by atoms with Gasteiger partial charge in [-0.25, -0.2) is 0 Å². The fourth-order valence-corrected chi connectivity index (χ4v) is 2.67. The molecular formula is C9H17ClOS. The summed E-state index contributed by atoms with van der Waals surface area (Å²) in [5.41, 5.74) is 0. The summed E-state index contributed by atoms with van der Waals surface area (Å²) >= 11 is 7.80. The number of halogens is 1. The van der Waals surface area contributed by atoms with Gasteiger partial charge in [0.2, 0.25) is 0 Å². The van der Waals surface area contributed by atoms with Crippen molar-refractivity contribution in [2.24, 2.45) is 5.92 Å². The van der Waals surface area contributed by atoms with E-state index in [1.165, 1.54) is 18.6 Å². The Morgan fingerprint density at radius 3 is 2.75 bits per heavy atom. The van der Waals surface area contributed by atoms with Crippen molar-refractivity contribution in [1.29, 1.82) is 0 Å². The quantitative estimate of drug-likeness (QED) is 0.658. The molecule has 1 fully saturated rings. The Morgan fingerprint density at radius 1 is 1.50 bits per heavy atom. The molecule has 0 aliphatic carbocycles. The first-order valence-corrected chi connectivity index (χ1v) is 6.16. The molecular weight excluding hydrogens is 192 g/mol. The van der Waals surface area contributed by atoms with Crippen molar-refractivity contribution in [3.05, 3.63) is 0 Å². The van der Waals surface area contributed by atoms with E-state index in [1.807, 2.05) is 0 Å². The van der Waals surface area contributed by atoms with Gasteiger partial charge in [0, 0.05) is 24.3 Å². The van der Waals surface area contributed by atoms with Gasteiger partial charge < -0.3 is 4.74 Å². The van der Waals surface area contributed by atoms with Crippen LogP contribution in [0, 0.1) is 5.92 Å². The molecule has 1 aliphatic heterocycles. The molecule has 1 unspecified atom stereocenters. The van der Waals surface area contributed by atoms with Crippen molar-refractivity contribution >= 4 is 23.4 Å². The van der Waals surface area contributed by atoms with Crippen molar-refractivity contribution in [3.8, 4) is 0 Å². The third-order valence-electron chi connectivity index (χ3n) is 2.05. The highest BCUT2D eigenvalue weighted by Gasteiger charge is 2.14. The van der Waals surface area contributed by atoms with Crippen LogP contribution < -0.4 is 0 Å². The molecule has 12 heavy (non-hydrogen) atoms. The maximum absolute atomic E-state index is 5.73. The highest BCUT2D eigenvalue weighted by atomic mass is 35.5.